The van der Waals surface area contributed by atoms with E-state index < -0.39 is 11.6 Å². The second-order valence-electron chi connectivity index (χ2n) is 9.11. The molecule has 1 aromatic rings. The van der Waals surface area contributed by atoms with Gasteiger partial charge in [-0.25, -0.2) is 8.78 Å². The number of hydrogen-bond donors (Lipinski definition) is 0. The van der Waals surface area contributed by atoms with Crippen LogP contribution in [0, 0.1) is 41.2 Å². The van der Waals surface area contributed by atoms with Crippen LogP contribution in [0.1, 0.15) is 108 Å². The fourth-order valence-corrected chi connectivity index (χ4v) is 5.11. The maximum Gasteiger partial charge on any atom is 0.142 e. The Balaban J connectivity index is 1.62. The van der Waals surface area contributed by atoms with E-state index in [4.69, 9.17) is 0 Å². The highest BCUT2D eigenvalue weighted by molar-refractivity contribution is 5.40. The molecule has 0 heterocycles. The van der Waals surface area contributed by atoms with Gasteiger partial charge >= 0.3 is 0 Å². The van der Waals surface area contributed by atoms with Crippen molar-refractivity contribution in [3.05, 3.63) is 34.9 Å². The van der Waals surface area contributed by atoms with Crippen molar-refractivity contribution in [2.45, 2.75) is 96.8 Å². The first-order chi connectivity index (χ1) is 13.6. The summed E-state index contributed by atoms with van der Waals surface area (Å²) < 4.78 is 29.3. The smallest absolute Gasteiger partial charge is 0.142 e. The predicted molar refractivity (Wildman–Crippen MR) is 113 cm³/mol. The van der Waals surface area contributed by atoms with Gasteiger partial charge in [-0.05, 0) is 86.8 Å². The van der Waals surface area contributed by atoms with E-state index in [0.717, 1.165) is 43.1 Å². The monoisotopic (exact) mass is 386 g/mol. The molecule has 1 aromatic carbocycles. The molecule has 0 saturated heterocycles. The van der Waals surface area contributed by atoms with Gasteiger partial charge in [0.15, 0.2) is 0 Å². The van der Waals surface area contributed by atoms with Gasteiger partial charge in [-0.2, -0.15) is 0 Å². The summed E-state index contributed by atoms with van der Waals surface area (Å²) in [6.07, 6.45) is 14.1. The Hall–Kier alpha value is -1.36. The van der Waals surface area contributed by atoms with Crippen molar-refractivity contribution < 1.29 is 8.78 Å². The highest BCUT2D eigenvalue weighted by atomic mass is 19.1. The zero-order valence-corrected chi connectivity index (χ0v) is 17.7. The van der Waals surface area contributed by atoms with Crippen LogP contribution in [-0.4, -0.2) is 0 Å². The number of benzene rings is 1. The van der Waals surface area contributed by atoms with E-state index in [-0.39, 0.29) is 5.56 Å². The molecule has 0 spiro atoms. The van der Waals surface area contributed by atoms with Gasteiger partial charge in [-0.1, -0.05) is 51.4 Å². The lowest BCUT2D eigenvalue weighted by Crippen LogP contribution is -2.14. The number of halogens is 2. The van der Waals surface area contributed by atoms with Crippen LogP contribution in [0.2, 0.25) is 0 Å². The number of rotatable bonds is 5. The molecule has 0 aromatic heterocycles. The van der Waals surface area contributed by atoms with Crippen LogP contribution < -0.4 is 0 Å². The van der Waals surface area contributed by atoms with Crippen molar-refractivity contribution >= 4 is 0 Å². The topological polar surface area (TPSA) is 0 Å². The number of hydrogen-bond acceptors (Lipinski definition) is 0. The standard InChI is InChI=1S/C26H36F2/c1-3-5-6-20-11-14-22(15-12-20)23-17-25(27)24(26(28)18-23)16-13-21-9-7-19(4-2)8-10-21/h17-22H,3-12,14-15H2,1-2H3/t19?,20-,21?,22-. The average molecular weight is 387 g/mol. The van der Waals surface area contributed by atoms with E-state index in [0.29, 0.717) is 11.8 Å². The molecule has 0 unspecified atom stereocenters. The summed E-state index contributed by atoms with van der Waals surface area (Å²) in [5.41, 5.74) is 0.802. The molecule has 0 amide bonds. The molecule has 2 fully saturated rings. The molecule has 0 bridgehead atoms. The SMILES string of the molecule is CCCC[C@H]1CC[C@H](c2cc(F)c(C#CC3CCC(CC)CC3)c(F)c2)CC1. The first-order valence-corrected chi connectivity index (χ1v) is 11.6. The quantitative estimate of drug-likeness (QED) is 0.450. The van der Waals surface area contributed by atoms with Crippen LogP contribution in [0.15, 0.2) is 12.1 Å². The molecule has 2 heteroatoms. The van der Waals surface area contributed by atoms with Gasteiger partial charge in [0.05, 0.1) is 5.56 Å². The summed E-state index contributed by atoms with van der Waals surface area (Å²) in [4.78, 5) is 0. The Labute approximate surface area is 170 Å². The Morgan fingerprint density at radius 1 is 0.857 bits per heavy atom. The molecule has 2 aliphatic rings. The third-order valence-corrected chi connectivity index (χ3v) is 7.17. The molecule has 154 valence electrons. The third kappa shape index (κ3) is 5.59. The van der Waals surface area contributed by atoms with Gasteiger partial charge in [0.2, 0.25) is 0 Å². The summed E-state index contributed by atoms with van der Waals surface area (Å²) in [5, 5.41) is 0. The predicted octanol–water partition coefficient (Wildman–Crippen LogP) is 8.00. The molecule has 28 heavy (non-hydrogen) atoms. The molecule has 0 radical (unpaired) electrons. The molecular weight excluding hydrogens is 350 g/mol. The summed E-state index contributed by atoms with van der Waals surface area (Å²) in [5.74, 6) is 7.26. The van der Waals surface area contributed by atoms with Crippen molar-refractivity contribution in [2.75, 3.05) is 0 Å². The Kier molecular flexibility index (Phi) is 7.95. The van der Waals surface area contributed by atoms with Crippen molar-refractivity contribution in [1.82, 2.24) is 0 Å². The van der Waals surface area contributed by atoms with Crippen LogP contribution in [0.5, 0.6) is 0 Å². The molecule has 0 nitrogen and oxygen atoms in total. The second kappa shape index (κ2) is 10.4. The molecule has 2 saturated carbocycles. The summed E-state index contributed by atoms with van der Waals surface area (Å²) in [7, 11) is 0. The Morgan fingerprint density at radius 2 is 1.46 bits per heavy atom. The minimum Gasteiger partial charge on any atom is -0.206 e. The lowest BCUT2D eigenvalue weighted by atomic mass is 9.77. The van der Waals surface area contributed by atoms with Crippen LogP contribution in [0.25, 0.3) is 0 Å². The van der Waals surface area contributed by atoms with E-state index in [1.165, 1.54) is 51.4 Å². The van der Waals surface area contributed by atoms with Crippen LogP contribution in [0.4, 0.5) is 8.78 Å². The van der Waals surface area contributed by atoms with Gasteiger partial charge < -0.3 is 0 Å². The minimum absolute atomic E-state index is 0.0296. The van der Waals surface area contributed by atoms with Gasteiger partial charge in [0.25, 0.3) is 0 Å². The van der Waals surface area contributed by atoms with E-state index >= 15 is 0 Å². The first-order valence-electron chi connectivity index (χ1n) is 11.6. The van der Waals surface area contributed by atoms with E-state index in [2.05, 4.69) is 25.7 Å². The summed E-state index contributed by atoms with van der Waals surface area (Å²) in [6.45, 7) is 4.47. The molecule has 0 atom stereocenters. The fraction of sp³-hybridized carbons (Fsp3) is 0.692. The maximum atomic E-state index is 14.6. The minimum atomic E-state index is -0.474. The highest BCUT2D eigenvalue weighted by Crippen LogP contribution is 2.38. The fourth-order valence-electron chi connectivity index (χ4n) is 5.11. The van der Waals surface area contributed by atoms with Crippen molar-refractivity contribution in [2.24, 2.45) is 17.8 Å². The van der Waals surface area contributed by atoms with Crippen molar-refractivity contribution in [3.63, 3.8) is 0 Å². The average Bonchev–Trinajstić information content (AvgIpc) is 2.72. The van der Waals surface area contributed by atoms with E-state index in [9.17, 15) is 8.78 Å². The number of unbranched alkanes of at least 4 members (excludes halogenated alkanes) is 1. The van der Waals surface area contributed by atoms with Crippen LogP contribution in [-0.2, 0) is 0 Å². The maximum absolute atomic E-state index is 14.6. The van der Waals surface area contributed by atoms with Gasteiger partial charge in [0.1, 0.15) is 11.6 Å². The van der Waals surface area contributed by atoms with E-state index in [1.54, 1.807) is 12.1 Å². The van der Waals surface area contributed by atoms with Crippen LogP contribution >= 0.6 is 0 Å². The van der Waals surface area contributed by atoms with Gasteiger partial charge in [-0.3, -0.25) is 0 Å². The van der Waals surface area contributed by atoms with Gasteiger partial charge in [-0.15, -0.1) is 0 Å². The molecule has 2 aliphatic carbocycles. The zero-order valence-electron chi connectivity index (χ0n) is 17.7. The first kappa shape index (κ1) is 21.4. The largest absolute Gasteiger partial charge is 0.206 e. The van der Waals surface area contributed by atoms with Crippen LogP contribution in [0.3, 0.4) is 0 Å². The highest BCUT2D eigenvalue weighted by Gasteiger charge is 2.24. The van der Waals surface area contributed by atoms with E-state index in [1.807, 2.05) is 0 Å². The summed E-state index contributed by atoms with van der Waals surface area (Å²) >= 11 is 0. The van der Waals surface area contributed by atoms with Crippen molar-refractivity contribution in [1.29, 1.82) is 0 Å². The molecule has 3 rings (SSSR count). The second-order valence-corrected chi connectivity index (χ2v) is 9.11. The Morgan fingerprint density at radius 3 is 2.04 bits per heavy atom. The molecule has 0 aliphatic heterocycles. The van der Waals surface area contributed by atoms with Crippen molar-refractivity contribution in [3.8, 4) is 11.8 Å². The molecule has 0 N–H and O–H groups in total. The zero-order chi connectivity index (χ0) is 19.9. The normalized spacial score (nSPS) is 27.9. The molecular formula is C26H36F2. The Bertz CT molecular complexity index is 657. The third-order valence-electron chi connectivity index (χ3n) is 7.17. The lowest BCUT2D eigenvalue weighted by molar-refractivity contribution is 0.303. The van der Waals surface area contributed by atoms with Gasteiger partial charge in [0, 0.05) is 5.92 Å². The summed E-state index contributed by atoms with van der Waals surface area (Å²) in [6, 6.07) is 3.11. The lowest BCUT2D eigenvalue weighted by Gasteiger charge is -2.29.